The summed E-state index contributed by atoms with van der Waals surface area (Å²) in [4.78, 5) is 22.0. The third-order valence-corrected chi connectivity index (χ3v) is 4.30. The van der Waals surface area contributed by atoms with Gasteiger partial charge in [-0.3, -0.25) is 9.59 Å². The molecule has 100 valence electrons. The summed E-state index contributed by atoms with van der Waals surface area (Å²) in [7, 11) is -2.46. The van der Waals surface area contributed by atoms with Crippen LogP contribution in [0.3, 0.4) is 0 Å². The highest BCUT2D eigenvalue weighted by atomic mass is 28.3. The van der Waals surface area contributed by atoms with Gasteiger partial charge in [0, 0.05) is 19.4 Å². The molecule has 0 aliphatic rings. The quantitative estimate of drug-likeness (QED) is 0.624. The van der Waals surface area contributed by atoms with Crippen LogP contribution in [-0.4, -0.2) is 21.2 Å². The first kappa shape index (κ1) is 15.0. The molecule has 0 radical (unpaired) electrons. The zero-order valence-corrected chi connectivity index (χ0v) is 12.3. The Morgan fingerprint density at radius 3 is 2.11 bits per heavy atom. The van der Waals surface area contributed by atoms with E-state index in [-0.39, 0.29) is 5.54 Å². The van der Waals surface area contributed by atoms with Gasteiger partial charge in [-0.05, 0) is 19.1 Å². The predicted octanol–water partition coefficient (Wildman–Crippen LogP) is 1.77. The topological polar surface area (TPSA) is 52.6 Å². The fraction of sp³-hybridized carbons (Fsp3) is 0.286. The van der Waals surface area contributed by atoms with E-state index in [1.54, 1.807) is 6.92 Å². The fourth-order valence-corrected chi connectivity index (χ4v) is 2.67. The van der Waals surface area contributed by atoms with Crippen molar-refractivity contribution in [3.63, 3.8) is 0 Å². The minimum Gasteiger partial charge on any atom is -0.487 e. The highest BCUT2D eigenvalue weighted by molar-refractivity contribution is 6.51. The average Bonchev–Trinajstić information content (AvgIpc) is 2.35. The Morgan fingerprint density at radius 2 is 1.63 bits per heavy atom. The molecule has 0 fully saturated rings. The van der Waals surface area contributed by atoms with Crippen LogP contribution in [0.5, 0.6) is 0 Å². The van der Waals surface area contributed by atoms with E-state index in [2.05, 4.69) is 11.8 Å². The lowest BCUT2D eigenvalue weighted by molar-refractivity contribution is -0.137. The Labute approximate surface area is 114 Å². The van der Waals surface area contributed by atoms with Gasteiger partial charge in [0.25, 0.3) is 11.9 Å². The van der Waals surface area contributed by atoms with E-state index in [1.807, 2.05) is 30.3 Å². The smallest absolute Gasteiger partial charge is 0.463 e. The maximum atomic E-state index is 11.0. The Morgan fingerprint density at radius 1 is 1.11 bits per heavy atom. The van der Waals surface area contributed by atoms with Crippen LogP contribution in [0.25, 0.3) is 0 Å². The molecule has 0 aromatic heterocycles. The van der Waals surface area contributed by atoms with Crippen molar-refractivity contribution in [3.8, 4) is 11.8 Å². The van der Waals surface area contributed by atoms with Crippen molar-refractivity contribution in [1.29, 1.82) is 0 Å². The lowest BCUT2D eigenvalue weighted by Gasteiger charge is -2.16. The van der Waals surface area contributed by atoms with E-state index >= 15 is 0 Å². The maximum Gasteiger partial charge on any atom is 0.463 e. The van der Waals surface area contributed by atoms with Gasteiger partial charge >= 0.3 is 9.28 Å². The molecule has 1 aromatic rings. The van der Waals surface area contributed by atoms with E-state index in [4.69, 9.17) is 8.85 Å². The molecule has 0 spiro atoms. The second-order valence-electron chi connectivity index (χ2n) is 4.01. The van der Waals surface area contributed by atoms with Crippen molar-refractivity contribution < 1.29 is 18.4 Å². The van der Waals surface area contributed by atoms with E-state index in [1.165, 1.54) is 13.8 Å². The van der Waals surface area contributed by atoms with Crippen molar-refractivity contribution in [2.45, 2.75) is 26.3 Å². The molecule has 4 nitrogen and oxygen atoms in total. The second-order valence-corrected chi connectivity index (χ2v) is 6.22. The number of carbonyl (C=O) groups excluding carboxylic acids is 2. The Bertz CT molecular complexity index is 485. The first-order chi connectivity index (χ1) is 8.99. The first-order valence-corrected chi connectivity index (χ1v) is 7.51. The van der Waals surface area contributed by atoms with Crippen molar-refractivity contribution in [1.82, 2.24) is 0 Å². The largest absolute Gasteiger partial charge is 0.487 e. The summed E-state index contributed by atoms with van der Waals surface area (Å²) in [6, 6.07) is 9.45. The van der Waals surface area contributed by atoms with E-state index in [0.717, 1.165) is 5.56 Å². The van der Waals surface area contributed by atoms with Crippen molar-refractivity contribution >= 4 is 21.2 Å². The number of hydrogen-bond donors (Lipinski definition) is 0. The third kappa shape index (κ3) is 5.88. The van der Waals surface area contributed by atoms with Gasteiger partial charge in [-0.15, -0.1) is 0 Å². The zero-order valence-electron chi connectivity index (χ0n) is 11.2. The van der Waals surface area contributed by atoms with Crippen molar-refractivity contribution in [2.75, 3.05) is 0 Å². The molecule has 0 N–H and O–H groups in total. The molecule has 0 aliphatic carbocycles. The molecule has 0 aliphatic heterocycles. The maximum absolute atomic E-state index is 11.0. The van der Waals surface area contributed by atoms with Crippen LogP contribution in [0.2, 0.25) is 5.54 Å². The first-order valence-electron chi connectivity index (χ1n) is 5.90. The van der Waals surface area contributed by atoms with Crippen molar-refractivity contribution in [2.24, 2.45) is 0 Å². The van der Waals surface area contributed by atoms with Crippen LogP contribution in [0.4, 0.5) is 0 Å². The molecule has 19 heavy (non-hydrogen) atoms. The summed E-state index contributed by atoms with van der Waals surface area (Å²) < 4.78 is 10.1. The number of hydrogen-bond acceptors (Lipinski definition) is 4. The van der Waals surface area contributed by atoms with Crippen LogP contribution in [-0.2, 0) is 18.4 Å². The highest BCUT2D eigenvalue weighted by Gasteiger charge is 2.26. The summed E-state index contributed by atoms with van der Waals surface area (Å²) >= 11 is 0. The van der Waals surface area contributed by atoms with Crippen LogP contribution < -0.4 is 0 Å². The second kappa shape index (κ2) is 7.39. The minimum atomic E-state index is -2.46. The summed E-state index contributed by atoms with van der Waals surface area (Å²) in [5, 5.41) is 0. The molecule has 1 rings (SSSR count). The normalized spacial score (nSPS) is 11.2. The summed E-state index contributed by atoms with van der Waals surface area (Å²) in [5.74, 6) is 5.04. The van der Waals surface area contributed by atoms with Gasteiger partial charge in [-0.1, -0.05) is 30.0 Å². The van der Waals surface area contributed by atoms with E-state index in [0.29, 0.717) is 0 Å². The molecule has 0 heterocycles. The molecule has 0 saturated heterocycles. The van der Waals surface area contributed by atoms with E-state index < -0.39 is 21.2 Å². The lowest BCUT2D eigenvalue weighted by atomic mass is 10.2. The highest BCUT2D eigenvalue weighted by Crippen LogP contribution is 2.11. The zero-order chi connectivity index (χ0) is 14.3. The minimum absolute atomic E-state index is 0.270. The molecule has 1 aromatic carbocycles. The molecule has 5 heteroatoms. The standard InChI is InChI=1S/C14H16O4Si/c1-11(9-10-14-7-5-4-6-8-14)19(17-12(2)15)18-13(3)16/h4-8,11,19H,1-3H3. The van der Waals surface area contributed by atoms with E-state index in [9.17, 15) is 9.59 Å². The summed E-state index contributed by atoms with van der Waals surface area (Å²) in [6.45, 7) is 4.38. The predicted molar refractivity (Wildman–Crippen MR) is 73.4 cm³/mol. The monoisotopic (exact) mass is 276 g/mol. The summed E-state index contributed by atoms with van der Waals surface area (Å²) in [5.41, 5.74) is 0.598. The van der Waals surface area contributed by atoms with Crippen LogP contribution >= 0.6 is 0 Å². The number of benzene rings is 1. The van der Waals surface area contributed by atoms with Gasteiger partial charge in [-0.2, -0.15) is 0 Å². The van der Waals surface area contributed by atoms with Gasteiger partial charge in [0.15, 0.2) is 0 Å². The third-order valence-electron chi connectivity index (χ3n) is 2.19. The fourth-order valence-electron chi connectivity index (χ4n) is 1.34. The number of rotatable bonds is 3. The van der Waals surface area contributed by atoms with Crippen LogP contribution in [0, 0.1) is 11.8 Å². The van der Waals surface area contributed by atoms with Gasteiger partial charge < -0.3 is 8.85 Å². The molecule has 0 bridgehead atoms. The molecular weight excluding hydrogens is 260 g/mol. The van der Waals surface area contributed by atoms with Gasteiger partial charge in [0.1, 0.15) is 0 Å². The van der Waals surface area contributed by atoms with Gasteiger partial charge in [-0.25, -0.2) is 0 Å². The van der Waals surface area contributed by atoms with Gasteiger partial charge in [0.2, 0.25) is 0 Å². The van der Waals surface area contributed by atoms with Gasteiger partial charge in [0.05, 0.1) is 5.54 Å². The average molecular weight is 276 g/mol. The van der Waals surface area contributed by atoms with Crippen molar-refractivity contribution in [3.05, 3.63) is 35.9 Å². The molecule has 0 saturated carbocycles. The molecule has 1 unspecified atom stereocenters. The Kier molecular flexibility index (Phi) is 5.83. The SMILES string of the molecule is CC(=O)O[SiH](OC(C)=O)C(C)C#Cc1ccccc1. The molecular formula is C14H16O4Si. The molecule has 0 amide bonds. The molecule has 1 atom stereocenters. The van der Waals surface area contributed by atoms with Crippen LogP contribution in [0.1, 0.15) is 26.3 Å². The Hall–Kier alpha value is -2.06. The lowest BCUT2D eigenvalue weighted by Crippen LogP contribution is -2.31. The summed E-state index contributed by atoms with van der Waals surface area (Å²) in [6.07, 6.45) is 0. The van der Waals surface area contributed by atoms with Crippen LogP contribution in [0.15, 0.2) is 30.3 Å². The number of carbonyl (C=O) groups is 2. The Balaban J connectivity index is 2.76.